The van der Waals surface area contributed by atoms with E-state index in [2.05, 4.69) is 10.2 Å². The summed E-state index contributed by atoms with van der Waals surface area (Å²) in [7, 11) is 0. The van der Waals surface area contributed by atoms with Crippen LogP contribution in [0.5, 0.6) is 0 Å². The summed E-state index contributed by atoms with van der Waals surface area (Å²) in [6.45, 7) is 2.13. The van der Waals surface area contributed by atoms with E-state index in [1.165, 1.54) is 6.07 Å². The molecule has 0 bridgehead atoms. The second-order valence-electron chi connectivity index (χ2n) is 9.13. The van der Waals surface area contributed by atoms with Gasteiger partial charge in [-0.3, -0.25) is 19.8 Å². The maximum absolute atomic E-state index is 13.3. The molecule has 3 fully saturated rings. The zero-order valence-corrected chi connectivity index (χ0v) is 17.3. The highest BCUT2D eigenvalue weighted by Crippen LogP contribution is 2.47. The Hall–Kier alpha value is -2.71. The Labute approximate surface area is 180 Å². The van der Waals surface area contributed by atoms with E-state index in [9.17, 15) is 20.0 Å². The number of amides is 1. The first-order valence-electron chi connectivity index (χ1n) is 11.0. The molecule has 1 amide bonds. The van der Waals surface area contributed by atoms with Gasteiger partial charge in [-0.05, 0) is 36.3 Å². The summed E-state index contributed by atoms with van der Waals surface area (Å²) in [4.78, 5) is 25.8. The molecule has 2 N–H and O–H groups in total. The van der Waals surface area contributed by atoms with E-state index in [0.29, 0.717) is 29.7 Å². The molecule has 2 heterocycles. The number of aliphatic hydroxyl groups is 1. The van der Waals surface area contributed by atoms with Crippen LogP contribution in [0.15, 0.2) is 46.9 Å². The van der Waals surface area contributed by atoms with Gasteiger partial charge in [-0.25, -0.2) is 0 Å². The van der Waals surface area contributed by atoms with Crippen molar-refractivity contribution in [1.82, 2.24) is 10.2 Å². The summed E-state index contributed by atoms with van der Waals surface area (Å²) < 4.78 is 5.26. The average molecular weight is 425 g/mol. The van der Waals surface area contributed by atoms with E-state index >= 15 is 0 Å². The number of fused-ring (bicyclic) bond motifs is 1. The summed E-state index contributed by atoms with van der Waals surface area (Å²) in [5.74, 6) is 0.692. The van der Waals surface area contributed by atoms with Gasteiger partial charge in [0, 0.05) is 25.0 Å². The van der Waals surface area contributed by atoms with Crippen LogP contribution in [-0.2, 0) is 16.9 Å². The molecule has 3 aliphatic rings. The number of benzene rings is 1. The van der Waals surface area contributed by atoms with E-state index in [1.807, 2.05) is 30.3 Å². The minimum absolute atomic E-state index is 0.0558. The third kappa shape index (κ3) is 3.64. The van der Waals surface area contributed by atoms with Crippen molar-refractivity contribution >= 4 is 11.8 Å². The minimum atomic E-state index is -1.48. The van der Waals surface area contributed by atoms with Crippen LogP contribution in [0, 0.1) is 27.9 Å². The summed E-state index contributed by atoms with van der Waals surface area (Å²) in [5, 5.41) is 25.5. The molecule has 1 saturated heterocycles. The quantitative estimate of drug-likeness (QED) is 0.522. The van der Waals surface area contributed by atoms with E-state index in [0.717, 1.165) is 38.8 Å². The van der Waals surface area contributed by atoms with Crippen molar-refractivity contribution in [2.75, 3.05) is 13.1 Å². The van der Waals surface area contributed by atoms with Gasteiger partial charge in [0.25, 0.3) is 5.91 Å². The number of carbonyl (C=O) groups is 1. The first kappa shape index (κ1) is 20.2. The van der Waals surface area contributed by atoms with Crippen molar-refractivity contribution in [3.8, 4) is 0 Å². The number of likely N-dealkylation sites (tertiary alicyclic amines) is 1. The molecule has 164 valence electrons. The third-order valence-electron chi connectivity index (χ3n) is 7.28. The third-order valence-corrected chi connectivity index (χ3v) is 7.28. The van der Waals surface area contributed by atoms with Crippen molar-refractivity contribution in [2.45, 2.75) is 43.9 Å². The van der Waals surface area contributed by atoms with Crippen LogP contribution in [-0.4, -0.2) is 40.0 Å². The van der Waals surface area contributed by atoms with Gasteiger partial charge in [0.2, 0.25) is 0 Å². The van der Waals surface area contributed by atoms with Gasteiger partial charge >= 0.3 is 5.88 Å². The lowest BCUT2D eigenvalue weighted by Gasteiger charge is -2.33. The molecule has 8 nitrogen and oxygen atoms in total. The number of carbonyl (C=O) groups excluding carboxylic acids is 1. The second kappa shape index (κ2) is 7.76. The van der Waals surface area contributed by atoms with Crippen molar-refractivity contribution in [3.05, 3.63) is 63.9 Å². The molecule has 31 heavy (non-hydrogen) atoms. The molecule has 8 heteroatoms. The lowest BCUT2D eigenvalue weighted by atomic mass is 9.79. The van der Waals surface area contributed by atoms with Gasteiger partial charge in [0.1, 0.15) is 10.7 Å². The zero-order valence-electron chi connectivity index (χ0n) is 17.3. The van der Waals surface area contributed by atoms with E-state index in [4.69, 9.17) is 4.42 Å². The average Bonchev–Trinajstić information content (AvgIpc) is 3.32. The SMILES string of the molecule is O=C(NC1C2CN(Cc3ccc([N+](=O)[O-])o3)C[C@@H]21)C(O)(c1ccccc1)C1CCCC1. The number of hydrogen-bond acceptors (Lipinski definition) is 6. The molecule has 2 aliphatic carbocycles. The predicted molar refractivity (Wildman–Crippen MR) is 112 cm³/mol. The van der Waals surface area contributed by atoms with Gasteiger partial charge < -0.3 is 14.8 Å². The molecule has 4 atom stereocenters. The van der Waals surface area contributed by atoms with Crippen LogP contribution in [0.4, 0.5) is 5.88 Å². The normalized spacial score (nSPS) is 27.6. The summed E-state index contributed by atoms with van der Waals surface area (Å²) in [5.41, 5.74) is -0.812. The van der Waals surface area contributed by atoms with Crippen LogP contribution in [0.3, 0.4) is 0 Å². The molecule has 3 unspecified atom stereocenters. The zero-order chi connectivity index (χ0) is 21.6. The van der Waals surface area contributed by atoms with Crippen molar-refractivity contribution in [1.29, 1.82) is 0 Å². The summed E-state index contributed by atoms with van der Waals surface area (Å²) in [6, 6.07) is 12.4. The number of nitrogens with zero attached hydrogens (tertiary/aromatic N) is 2. The molecule has 5 rings (SSSR count). The fourth-order valence-corrected chi connectivity index (χ4v) is 5.58. The highest BCUT2D eigenvalue weighted by atomic mass is 16.6. The number of nitrogens with one attached hydrogen (secondary N) is 1. The van der Waals surface area contributed by atoms with E-state index in [-0.39, 0.29) is 23.8 Å². The Kier molecular flexibility index (Phi) is 5.06. The Morgan fingerprint density at radius 3 is 2.45 bits per heavy atom. The number of furan rings is 1. The van der Waals surface area contributed by atoms with Gasteiger partial charge in [-0.2, -0.15) is 0 Å². The predicted octanol–water partition coefficient (Wildman–Crippen LogP) is 2.81. The maximum atomic E-state index is 13.3. The number of nitro groups is 1. The Morgan fingerprint density at radius 1 is 1.16 bits per heavy atom. The van der Waals surface area contributed by atoms with Gasteiger partial charge in [-0.1, -0.05) is 43.2 Å². The van der Waals surface area contributed by atoms with E-state index in [1.54, 1.807) is 6.07 Å². The topological polar surface area (TPSA) is 109 Å². The van der Waals surface area contributed by atoms with E-state index < -0.39 is 10.5 Å². The second-order valence-corrected chi connectivity index (χ2v) is 9.13. The van der Waals surface area contributed by atoms with Crippen LogP contribution in [0.1, 0.15) is 37.0 Å². The Morgan fingerprint density at radius 2 is 1.84 bits per heavy atom. The van der Waals surface area contributed by atoms with Crippen molar-refractivity contribution < 1.29 is 19.2 Å². The molecular formula is C23H27N3O5. The van der Waals surface area contributed by atoms with Crippen LogP contribution in [0.25, 0.3) is 0 Å². The largest absolute Gasteiger partial charge is 0.433 e. The van der Waals surface area contributed by atoms with Crippen LogP contribution < -0.4 is 5.32 Å². The minimum Gasteiger partial charge on any atom is -0.404 e. The molecule has 2 aromatic rings. The first-order chi connectivity index (χ1) is 15.0. The lowest BCUT2D eigenvalue weighted by molar-refractivity contribution is -0.402. The van der Waals surface area contributed by atoms with Crippen molar-refractivity contribution in [3.63, 3.8) is 0 Å². The summed E-state index contributed by atoms with van der Waals surface area (Å²) in [6.07, 6.45) is 3.81. The number of rotatable bonds is 7. The molecule has 0 spiro atoms. The highest BCUT2D eigenvalue weighted by Gasteiger charge is 2.58. The van der Waals surface area contributed by atoms with Gasteiger partial charge in [0.05, 0.1) is 12.6 Å². The fraction of sp³-hybridized carbons (Fsp3) is 0.522. The Balaban J connectivity index is 1.21. The molecule has 0 radical (unpaired) electrons. The van der Waals surface area contributed by atoms with Gasteiger partial charge in [0.15, 0.2) is 5.60 Å². The van der Waals surface area contributed by atoms with Gasteiger partial charge in [-0.15, -0.1) is 0 Å². The molecule has 1 aromatic heterocycles. The van der Waals surface area contributed by atoms with Crippen molar-refractivity contribution in [2.24, 2.45) is 17.8 Å². The Bertz CT molecular complexity index is 959. The number of hydrogen-bond donors (Lipinski definition) is 2. The first-order valence-corrected chi connectivity index (χ1v) is 11.0. The molecule has 1 aromatic carbocycles. The number of piperidine rings is 1. The standard InChI is InChI=1S/C23H27N3O5/c27-22(23(28,16-8-4-5-9-16)15-6-2-1-3-7-15)24-21-18-13-25(14-19(18)21)12-17-10-11-20(31-17)26(29)30/h1-3,6-7,10-11,16,18-19,21,28H,4-5,8-9,12-14H2,(H,24,27)/t18-,19?,21?,23?/m0/s1. The monoisotopic (exact) mass is 425 g/mol. The lowest BCUT2D eigenvalue weighted by Crippen LogP contribution is -2.50. The smallest absolute Gasteiger partial charge is 0.404 e. The fourth-order valence-electron chi connectivity index (χ4n) is 5.58. The molecule has 1 aliphatic heterocycles. The molecule has 2 saturated carbocycles. The molecular weight excluding hydrogens is 398 g/mol. The van der Waals surface area contributed by atoms with Crippen LogP contribution >= 0.6 is 0 Å². The maximum Gasteiger partial charge on any atom is 0.433 e. The van der Waals surface area contributed by atoms with Crippen LogP contribution in [0.2, 0.25) is 0 Å². The highest BCUT2D eigenvalue weighted by molar-refractivity contribution is 5.87. The summed E-state index contributed by atoms with van der Waals surface area (Å²) >= 11 is 0.